The first-order valence-corrected chi connectivity index (χ1v) is 5.04. The Balaban J connectivity index is 2.62. The standard InChI is InChI=1S/C12H15NO3/c1-8(12(15)16)6-9-2-4-10(5-3-9)7-11(13)14/h2-5,8H,6-7H2,1H3,(H2,13,14)(H,15,16)/i/hD. The topological polar surface area (TPSA) is 80.4 Å². The Morgan fingerprint density at radius 1 is 1.38 bits per heavy atom. The first-order valence-electron chi connectivity index (χ1n) is 5.54. The van der Waals surface area contributed by atoms with Crippen molar-refractivity contribution in [2.24, 2.45) is 11.6 Å². The summed E-state index contributed by atoms with van der Waals surface area (Å²) in [6, 6.07) is 7.18. The Hall–Kier alpha value is -1.84. The third-order valence-corrected chi connectivity index (χ3v) is 2.35. The largest absolute Gasteiger partial charge is 0.481 e. The van der Waals surface area contributed by atoms with Crippen LogP contribution in [-0.4, -0.2) is 17.0 Å². The Morgan fingerprint density at radius 3 is 2.44 bits per heavy atom. The predicted octanol–water partition coefficient (Wildman–Crippen LogP) is 0.978. The minimum absolute atomic E-state index is 0.165. The normalized spacial score (nSPS) is 12.7. The average Bonchev–Trinajstić information content (AvgIpc) is 2.31. The minimum Gasteiger partial charge on any atom is -0.481 e. The molecular weight excluding hydrogens is 206 g/mol. The lowest BCUT2D eigenvalue weighted by Gasteiger charge is -2.06. The minimum atomic E-state index is -0.817. The van der Waals surface area contributed by atoms with Crippen LogP contribution in [0.2, 0.25) is 1.41 Å². The van der Waals surface area contributed by atoms with E-state index >= 15 is 0 Å². The molecule has 0 bridgehead atoms. The molecule has 1 aromatic carbocycles. The lowest BCUT2D eigenvalue weighted by molar-refractivity contribution is -0.141. The summed E-state index contributed by atoms with van der Waals surface area (Å²) < 4.78 is 6.68. The number of carbonyl (C=O) groups excluding carboxylic acids is 1. The van der Waals surface area contributed by atoms with Gasteiger partial charge in [0.15, 0.2) is 1.41 Å². The van der Waals surface area contributed by atoms with Crippen molar-refractivity contribution < 1.29 is 16.1 Å². The van der Waals surface area contributed by atoms with Gasteiger partial charge in [-0.1, -0.05) is 31.2 Å². The molecule has 4 nitrogen and oxygen atoms in total. The summed E-state index contributed by atoms with van der Waals surface area (Å²) in [6.07, 6.45) is 0.637. The number of primary amides is 1. The number of carboxylic acids is 1. The smallest absolute Gasteiger partial charge is 0.306 e. The summed E-state index contributed by atoms with van der Waals surface area (Å²) >= 11 is 0. The fraction of sp³-hybridized carbons (Fsp3) is 0.333. The number of rotatable bonds is 5. The van der Waals surface area contributed by atoms with Crippen LogP contribution in [0.25, 0.3) is 0 Å². The zero-order valence-electron chi connectivity index (χ0n) is 10.1. The molecule has 0 spiro atoms. The van der Waals surface area contributed by atoms with Crippen LogP contribution in [0.15, 0.2) is 24.3 Å². The van der Waals surface area contributed by atoms with Gasteiger partial charge in [0.1, 0.15) is 0 Å². The molecular formula is C12H15NO3. The molecule has 0 saturated heterocycles. The van der Waals surface area contributed by atoms with Crippen LogP contribution < -0.4 is 5.73 Å². The number of carbonyl (C=O) groups is 2. The average molecular weight is 222 g/mol. The van der Waals surface area contributed by atoms with Crippen molar-refractivity contribution >= 4 is 11.9 Å². The van der Waals surface area contributed by atoms with Gasteiger partial charge in [-0.2, -0.15) is 0 Å². The quantitative estimate of drug-likeness (QED) is 0.779. The van der Waals surface area contributed by atoms with E-state index in [2.05, 4.69) is 0 Å². The zero-order valence-corrected chi connectivity index (χ0v) is 9.06. The fourth-order valence-corrected chi connectivity index (χ4v) is 1.42. The van der Waals surface area contributed by atoms with Crippen LogP contribution >= 0.6 is 0 Å². The lowest BCUT2D eigenvalue weighted by Crippen LogP contribution is -2.14. The number of carboxylic acid groups (broad SMARTS) is 1. The second-order valence-electron chi connectivity index (χ2n) is 3.86. The molecule has 86 valence electrons. The SMILES string of the molecule is [2H]NC(=O)Cc1ccc(CC(C)C(=O)O)cc1. The second kappa shape index (κ2) is 5.30. The maximum atomic E-state index is 11.0. The van der Waals surface area contributed by atoms with E-state index in [-0.39, 0.29) is 12.3 Å². The maximum Gasteiger partial charge on any atom is 0.306 e. The van der Waals surface area contributed by atoms with Gasteiger partial charge in [0.05, 0.1) is 12.3 Å². The van der Waals surface area contributed by atoms with Crippen LogP contribution in [0.1, 0.15) is 18.1 Å². The number of hydrogen-bond acceptors (Lipinski definition) is 2. The van der Waals surface area contributed by atoms with Crippen LogP contribution in [0.3, 0.4) is 0 Å². The highest BCUT2D eigenvalue weighted by Gasteiger charge is 2.11. The molecule has 0 aliphatic rings. The van der Waals surface area contributed by atoms with Gasteiger partial charge in [0, 0.05) is 0 Å². The molecule has 1 rings (SSSR count). The number of aliphatic carboxylic acids is 1. The van der Waals surface area contributed by atoms with E-state index in [1.165, 1.54) is 0 Å². The van der Waals surface area contributed by atoms with Gasteiger partial charge in [0.25, 0.3) is 0 Å². The molecule has 16 heavy (non-hydrogen) atoms. The first-order chi connectivity index (χ1) is 8.02. The van der Waals surface area contributed by atoms with Crippen molar-refractivity contribution in [3.8, 4) is 0 Å². The molecule has 1 atom stereocenters. The molecule has 0 radical (unpaired) electrons. The predicted molar refractivity (Wildman–Crippen MR) is 59.8 cm³/mol. The summed E-state index contributed by atoms with van der Waals surface area (Å²) in [5.41, 5.74) is 3.54. The molecule has 0 aromatic heterocycles. The summed E-state index contributed by atoms with van der Waals surface area (Å²) in [5.74, 6) is -1.60. The fourth-order valence-electron chi connectivity index (χ4n) is 1.42. The van der Waals surface area contributed by atoms with E-state index in [1.54, 1.807) is 19.1 Å². The molecule has 0 aliphatic heterocycles. The van der Waals surface area contributed by atoms with Gasteiger partial charge in [-0.15, -0.1) is 0 Å². The van der Waals surface area contributed by atoms with E-state index in [0.717, 1.165) is 11.1 Å². The Kier molecular flexibility index (Phi) is 3.53. The van der Waals surface area contributed by atoms with Crippen molar-refractivity contribution in [2.45, 2.75) is 19.8 Å². The van der Waals surface area contributed by atoms with Crippen molar-refractivity contribution in [3.05, 3.63) is 35.4 Å². The monoisotopic (exact) mass is 222 g/mol. The molecule has 0 saturated carbocycles. The zero-order chi connectivity index (χ0) is 12.8. The van der Waals surface area contributed by atoms with E-state index in [1.807, 2.05) is 17.9 Å². The maximum absolute atomic E-state index is 11.0. The Labute approximate surface area is 95.5 Å². The van der Waals surface area contributed by atoms with E-state index in [4.69, 9.17) is 6.52 Å². The van der Waals surface area contributed by atoms with Crippen molar-refractivity contribution in [3.63, 3.8) is 0 Å². The van der Waals surface area contributed by atoms with Gasteiger partial charge in [-0.05, 0) is 17.5 Å². The summed E-state index contributed by atoms with van der Waals surface area (Å²) in [6.45, 7) is 1.66. The van der Waals surface area contributed by atoms with E-state index < -0.39 is 11.9 Å². The molecule has 3 N–H and O–H groups in total. The molecule has 1 unspecified atom stereocenters. The third kappa shape index (κ3) is 3.73. The third-order valence-electron chi connectivity index (χ3n) is 2.35. The van der Waals surface area contributed by atoms with Crippen LogP contribution in [0.5, 0.6) is 0 Å². The second-order valence-corrected chi connectivity index (χ2v) is 3.86. The first kappa shape index (κ1) is 10.7. The number of amides is 1. The van der Waals surface area contributed by atoms with Crippen molar-refractivity contribution in [1.82, 2.24) is 0 Å². The van der Waals surface area contributed by atoms with Gasteiger partial charge >= 0.3 is 5.97 Å². The van der Waals surface area contributed by atoms with Crippen LogP contribution in [0, 0.1) is 5.92 Å². The van der Waals surface area contributed by atoms with Gasteiger partial charge in [-0.3, -0.25) is 9.59 Å². The van der Waals surface area contributed by atoms with Crippen molar-refractivity contribution in [1.29, 1.82) is 0 Å². The molecule has 0 aliphatic carbocycles. The highest BCUT2D eigenvalue weighted by Crippen LogP contribution is 2.10. The highest BCUT2D eigenvalue weighted by atomic mass is 16.4. The van der Waals surface area contributed by atoms with Crippen LogP contribution in [-0.2, 0) is 22.4 Å². The number of nitrogens with two attached hydrogens (primary N) is 1. The summed E-state index contributed by atoms with van der Waals surface area (Å²) in [5, 5.41) is 8.78. The summed E-state index contributed by atoms with van der Waals surface area (Å²) in [7, 11) is 0. The number of benzene rings is 1. The molecule has 4 heteroatoms. The van der Waals surface area contributed by atoms with Gasteiger partial charge in [-0.25, -0.2) is 0 Å². The Morgan fingerprint density at radius 2 is 1.94 bits per heavy atom. The molecule has 0 heterocycles. The van der Waals surface area contributed by atoms with E-state index in [9.17, 15) is 9.59 Å². The van der Waals surface area contributed by atoms with Crippen LogP contribution in [0.4, 0.5) is 0 Å². The number of hydrogen-bond donors (Lipinski definition) is 2. The van der Waals surface area contributed by atoms with E-state index in [0.29, 0.717) is 6.42 Å². The van der Waals surface area contributed by atoms with Crippen molar-refractivity contribution in [2.75, 3.05) is 0 Å². The lowest BCUT2D eigenvalue weighted by atomic mass is 10.00. The molecule has 1 aromatic rings. The molecule has 0 fully saturated rings. The molecule has 1 amide bonds. The highest BCUT2D eigenvalue weighted by molar-refractivity contribution is 5.76. The summed E-state index contributed by atoms with van der Waals surface area (Å²) in [4.78, 5) is 21.6. The van der Waals surface area contributed by atoms with Gasteiger partial charge in [0.2, 0.25) is 5.91 Å². The van der Waals surface area contributed by atoms with Gasteiger partial charge < -0.3 is 10.8 Å². The Bertz CT molecular complexity index is 403.